The number of amides is 1. The molecule has 3 aromatic rings. The molecule has 0 aromatic heterocycles. The molecule has 1 fully saturated rings. The van der Waals surface area contributed by atoms with E-state index in [0.717, 1.165) is 80.2 Å². The van der Waals surface area contributed by atoms with E-state index in [4.69, 9.17) is 14.2 Å². The van der Waals surface area contributed by atoms with Gasteiger partial charge in [-0.3, -0.25) is 4.79 Å². The van der Waals surface area contributed by atoms with Crippen molar-refractivity contribution in [1.82, 2.24) is 9.80 Å². The third-order valence-corrected chi connectivity index (χ3v) is 7.68. The van der Waals surface area contributed by atoms with E-state index in [9.17, 15) is 4.79 Å². The number of nitrogens with zero attached hydrogens (tertiary/aromatic N) is 2. The topological polar surface area (TPSA) is 51.2 Å². The highest BCUT2D eigenvalue weighted by Crippen LogP contribution is 2.42. The zero-order chi connectivity index (χ0) is 27.0. The van der Waals surface area contributed by atoms with E-state index in [1.165, 1.54) is 5.56 Å². The predicted molar refractivity (Wildman–Crippen MR) is 151 cm³/mol. The van der Waals surface area contributed by atoms with E-state index in [1.807, 2.05) is 60.7 Å². The summed E-state index contributed by atoms with van der Waals surface area (Å²) in [5.41, 5.74) is 2.57. The van der Waals surface area contributed by atoms with Crippen molar-refractivity contribution in [1.29, 1.82) is 0 Å². The fourth-order valence-corrected chi connectivity index (χ4v) is 5.47. The van der Waals surface area contributed by atoms with E-state index >= 15 is 0 Å². The highest BCUT2D eigenvalue weighted by atomic mass is 16.5. The maximum atomic E-state index is 14.2. The molecule has 1 saturated heterocycles. The van der Waals surface area contributed by atoms with Crippen LogP contribution in [0.3, 0.4) is 0 Å². The number of rotatable bonds is 12. The molecule has 1 heterocycles. The summed E-state index contributed by atoms with van der Waals surface area (Å²) in [7, 11) is 7.17. The molecule has 0 N–H and O–H groups in total. The third kappa shape index (κ3) is 6.13. The normalized spacial score (nSPS) is 15.0. The van der Waals surface area contributed by atoms with Crippen molar-refractivity contribution in [2.75, 3.05) is 54.6 Å². The molecule has 202 valence electrons. The van der Waals surface area contributed by atoms with Gasteiger partial charge >= 0.3 is 0 Å². The Bertz CT molecular complexity index is 1130. The summed E-state index contributed by atoms with van der Waals surface area (Å²) in [5, 5.41) is 0. The van der Waals surface area contributed by atoms with Crippen LogP contribution in [-0.4, -0.2) is 70.3 Å². The summed E-state index contributed by atoms with van der Waals surface area (Å²) >= 11 is 0. The maximum Gasteiger partial charge on any atom is 0.237 e. The second-order valence-electron chi connectivity index (χ2n) is 10.0. The minimum absolute atomic E-state index is 0.179. The van der Waals surface area contributed by atoms with Crippen LogP contribution in [0.15, 0.2) is 72.8 Å². The zero-order valence-corrected chi connectivity index (χ0v) is 23.1. The second-order valence-corrected chi connectivity index (χ2v) is 10.0. The first kappa shape index (κ1) is 27.5. The van der Waals surface area contributed by atoms with Gasteiger partial charge in [-0.05, 0) is 92.4 Å². The van der Waals surface area contributed by atoms with Gasteiger partial charge in [-0.2, -0.15) is 0 Å². The smallest absolute Gasteiger partial charge is 0.237 e. The first-order valence-electron chi connectivity index (χ1n) is 13.4. The fourth-order valence-electron chi connectivity index (χ4n) is 5.47. The van der Waals surface area contributed by atoms with Crippen molar-refractivity contribution >= 4 is 5.91 Å². The van der Waals surface area contributed by atoms with Crippen LogP contribution in [-0.2, 0) is 16.6 Å². The number of hydrogen-bond acceptors (Lipinski definition) is 5. The third-order valence-electron chi connectivity index (χ3n) is 7.68. The summed E-state index contributed by atoms with van der Waals surface area (Å²) in [4.78, 5) is 18.6. The van der Waals surface area contributed by atoms with Crippen molar-refractivity contribution in [3.8, 4) is 17.2 Å². The number of carbonyl (C=O) groups excluding carboxylic acids is 1. The average molecular weight is 517 g/mol. The van der Waals surface area contributed by atoms with Crippen LogP contribution in [0.2, 0.25) is 0 Å². The number of hydrogen-bond donors (Lipinski definition) is 0. The van der Waals surface area contributed by atoms with Gasteiger partial charge in [0.15, 0.2) is 0 Å². The molecule has 1 aliphatic rings. The Balaban J connectivity index is 1.44. The SMILES string of the molecule is COc1ccc(C2(c3ccc(OC)cc3)CCCN(CCCN(C)CCc3cccc(OC)c3)C2=O)cc1. The number of benzene rings is 3. The first-order chi connectivity index (χ1) is 18.5. The number of ether oxygens (including phenoxy) is 3. The lowest BCUT2D eigenvalue weighted by Gasteiger charge is -2.43. The van der Waals surface area contributed by atoms with Crippen LogP contribution in [0.1, 0.15) is 36.0 Å². The van der Waals surface area contributed by atoms with Crippen LogP contribution >= 0.6 is 0 Å². The molecule has 0 atom stereocenters. The minimum atomic E-state index is -0.713. The van der Waals surface area contributed by atoms with Gasteiger partial charge in [0.1, 0.15) is 17.2 Å². The molecule has 0 aliphatic carbocycles. The van der Waals surface area contributed by atoms with Gasteiger partial charge in [0.2, 0.25) is 5.91 Å². The predicted octanol–water partition coefficient (Wildman–Crippen LogP) is 5.19. The lowest BCUT2D eigenvalue weighted by molar-refractivity contribution is -0.139. The van der Waals surface area contributed by atoms with Crippen molar-refractivity contribution in [3.05, 3.63) is 89.5 Å². The van der Waals surface area contributed by atoms with Crippen LogP contribution in [0.5, 0.6) is 17.2 Å². The van der Waals surface area contributed by atoms with Gasteiger partial charge in [-0.1, -0.05) is 36.4 Å². The molecule has 0 bridgehead atoms. The lowest BCUT2D eigenvalue weighted by atomic mass is 9.68. The molecule has 0 saturated carbocycles. The molecule has 1 aliphatic heterocycles. The molecule has 4 rings (SSSR count). The van der Waals surface area contributed by atoms with Crippen LogP contribution in [0, 0.1) is 0 Å². The lowest BCUT2D eigenvalue weighted by Crippen LogP contribution is -2.52. The Kier molecular flexibility index (Phi) is 9.29. The van der Waals surface area contributed by atoms with Gasteiger partial charge in [0, 0.05) is 19.6 Å². The van der Waals surface area contributed by atoms with E-state index < -0.39 is 5.41 Å². The molecule has 1 amide bonds. The van der Waals surface area contributed by atoms with Gasteiger partial charge in [-0.25, -0.2) is 0 Å². The molecule has 3 aromatic carbocycles. The van der Waals surface area contributed by atoms with Gasteiger partial charge in [0.25, 0.3) is 0 Å². The number of likely N-dealkylation sites (N-methyl/N-ethyl adjacent to an activating group) is 1. The van der Waals surface area contributed by atoms with E-state index in [-0.39, 0.29) is 5.91 Å². The van der Waals surface area contributed by atoms with Crippen molar-refractivity contribution in [2.24, 2.45) is 0 Å². The monoisotopic (exact) mass is 516 g/mol. The molecule has 0 radical (unpaired) electrons. The first-order valence-corrected chi connectivity index (χ1v) is 13.4. The van der Waals surface area contributed by atoms with Gasteiger partial charge in [0.05, 0.1) is 26.7 Å². The molecule has 6 nitrogen and oxygen atoms in total. The summed E-state index contributed by atoms with van der Waals surface area (Å²) in [6.45, 7) is 3.44. The van der Waals surface area contributed by atoms with E-state index in [1.54, 1.807) is 21.3 Å². The molecular formula is C32H40N2O4. The van der Waals surface area contributed by atoms with Gasteiger partial charge in [-0.15, -0.1) is 0 Å². The summed E-state index contributed by atoms with van der Waals surface area (Å²) < 4.78 is 16.1. The zero-order valence-electron chi connectivity index (χ0n) is 23.1. The number of likely N-dealkylation sites (tertiary alicyclic amines) is 1. The Labute approximate surface area is 227 Å². The van der Waals surface area contributed by atoms with Crippen LogP contribution in [0.4, 0.5) is 0 Å². The maximum absolute atomic E-state index is 14.2. The van der Waals surface area contributed by atoms with Crippen molar-refractivity contribution < 1.29 is 19.0 Å². The average Bonchev–Trinajstić information content (AvgIpc) is 2.97. The summed E-state index contributed by atoms with van der Waals surface area (Å²) in [5.74, 6) is 2.65. The highest BCUT2D eigenvalue weighted by molar-refractivity contribution is 5.93. The minimum Gasteiger partial charge on any atom is -0.497 e. The van der Waals surface area contributed by atoms with E-state index in [2.05, 4.69) is 29.0 Å². The van der Waals surface area contributed by atoms with Crippen LogP contribution < -0.4 is 14.2 Å². The molecule has 0 unspecified atom stereocenters. The number of carbonyl (C=O) groups is 1. The molecular weight excluding hydrogens is 476 g/mol. The quantitative estimate of drug-likeness (QED) is 0.332. The Morgan fingerprint density at radius 2 is 1.42 bits per heavy atom. The molecule has 38 heavy (non-hydrogen) atoms. The summed E-state index contributed by atoms with van der Waals surface area (Å²) in [6.07, 6.45) is 3.63. The Hall–Kier alpha value is -3.51. The molecule has 0 spiro atoms. The Morgan fingerprint density at radius 1 is 0.816 bits per heavy atom. The van der Waals surface area contributed by atoms with E-state index in [0.29, 0.717) is 0 Å². The van der Waals surface area contributed by atoms with Crippen LogP contribution in [0.25, 0.3) is 0 Å². The van der Waals surface area contributed by atoms with Crippen molar-refractivity contribution in [3.63, 3.8) is 0 Å². The number of methoxy groups -OCH3 is 3. The fraction of sp³-hybridized carbons (Fsp3) is 0.406. The summed E-state index contributed by atoms with van der Waals surface area (Å²) in [6, 6.07) is 24.2. The largest absolute Gasteiger partial charge is 0.497 e. The second kappa shape index (κ2) is 12.8. The number of piperidine rings is 1. The molecule has 6 heteroatoms. The standard InChI is InChI=1S/C32H40N2O4/c1-33(23-18-25-8-5-9-30(24-25)38-4)20-7-22-34-21-6-19-32(31(34)35,26-10-14-28(36-2)15-11-26)27-12-16-29(37-3)17-13-27/h5,8-17,24H,6-7,18-23H2,1-4H3. The highest BCUT2D eigenvalue weighted by Gasteiger charge is 2.46. The van der Waals surface area contributed by atoms with Gasteiger partial charge < -0.3 is 24.0 Å². The van der Waals surface area contributed by atoms with Crippen molar-refractivity contribution in [2.45, 2.75) is 31.1 Å². The Morgan fingerprint density at radius 3 is 2.00 bits per heavy atom.